The third kappa shape index (κ3) is 5.23. The van der Waals surface area contributed by atoms with Crippen LogP contribution in [0.4, 0.5) is 11.4 Å². The number of aryl methyl sites for hydroxylation is 2. The summed E-state index contributed by atoms with van der Waals surface area (Å²) < 4.78 is 0. The zero-order valence-electron chi connectivity index (χ0n) is 13.2. The third-order valence-electron chi connectivity index (χ3n) is 3.34. The Morgan fingerprint density at radius 2 is 1.30 bits per heavy atom. The Bertz CT molecular complexity index is 678. The number of amides is 2. The van der Waals surface area contributed by atoms with Gasteiger partial charge in [0.2, 0.25) is 5.91 Å². The highest BCUT2D eigenvalue weighted by atomic mass is 16.3. The minimum atomic E-state index is -1.40. The topological polar surface area (TPSA) is 78.4 Å². The van der Waals surface area contributed by atoms with E-state index in [0.717, 1.165) is 11.1 Å². The first-order valence-corrected chi connectivity index (χ1v) is 7.36. The fourth-order valence-corrected chi connectivity index (χ4v) is 1.98. The highest BCUT2D eigenvalue weighted by Crippen LogP contribution is 2.11. The molecule has 0 aromatic heterocycles. The summed E-state index contributed by atoms with van der Waals surface area (Å²) in [6.45, 7) is 3.89. The molecule has 1 atom stereocenters. The lowest BCUT2D eigenvalue weighted by Gasteiger charge is -2.12. The van der Waals surface area contributed by atoms with Gasteiger partial charge in [0.15, 0.2) is 0 Å². The van der Waals surface area contributed by atoms with Gasteiger partial charge in [-0.2, -0.15) is 0 Å². The molecule has 3 N–H and O–H groups in total. The van der Waals surface area contributed by atoms with E-state index in [1.807, 2.05) is 38.1 Å². The predicted molar refractivity (Wildman–Crippen MR) is 90.2 cm³/mol. The summed E-state index contributed by atoms with van der Waals surface area (Å²) in [6.07, 6.45) is -1.70. The van der Waals surface area contributed by atoms with Crippen molar-refractivity contribution in [1.82, 2.24) is 0 Å². The van der Waals surface area contributed by atoms with E-state index in [-0.39, 0.29) is 6.42 Å². The zero-order valence-corrected chi connectivity index (χ0v) is 13.2. The summed E-state index contributed by atoms with van der Waals surface area (Å²) in [7, 11) is 0. The summed E-state index contributed by atoms with van der Waals surface area (Å²) in [5.41, 5.74) is 3.37. The van der Waals surface area contributed by atoms with Crippen LogP contribution in [0.3, 0.4) is 0 Å². The summed E-state index contributed by atoms with van der Waals surface area (Å²) in [4.78, 5) is 23.7. The molecule has 2 rings (SSSR count). The SMILES string of the molecule is Cc1ccc(NC(=O)C[C@@H](O)C(=O)Nc2ccc(C)cc2)cc1. The van der Waals surface area contributed by atoms with Crippen LogP contribution in [0, 0.1) is 13.8 Å². The van der Waals surface area contributed by atoms with Crippen molar-refractivity contribution in [3.8, 4) is 0 Å². The molecule has 0 bridgehead atoms. The van der Waals surface area contributed by atoms with Crippen molar-refractivity contribution >= 4 is 23.2 Å². The van der Waals surface area contributed by atoms with Crippen LogP contribution in [0.2, 0.25) is 0 Å². The Kier molecular flexibility index (Phi) is 5.49. The first-order valence-electron chi connectivity index (χ1n) is 7.36. The van der Waals surface area contributed by atoms with Crippen molar-refractivity contribution < 1.29 is 14.7 Å². The smallest absolute Gasteiger partial charge is 0.253 e. The van der Waals surface area contributed by atoms with Crippen molar-refractivity contribution in [3.63, 3.8) is 0 Å². The average molecular weight is 312 g/mol. The molecule has 0 aliphatic rings. The largest absolute Gasteiger partial charge is 0.383 e. The van der Waals surface area contributed by atoms with Gasteiger partial charge in [0.25, 0.3) is 5.91 Å². The predicted octanol–water partition coefficient (Wildman–Crippen LogP) is 2.63. The molecule has 0 heterocycles. The molecule has 0 saturated heterocycles. The normalized spacial score (nSPS) is 11.6. The lowest BCUT2D eigenvalue weighted by Crippen LogP contribution is -2.31. The number of anilines is 2. The molecule has 0 saturated carbocycles. The van der Waals surface area contributed by atoms with Gasteiger partial charge in [-0.25, -0.2) is 0 Å². The van der Waals surface area contributed by atoms with Gasteiger partial charge in [0, 0.05) is 11.4 Å². The Morgan fingerprint density at radius 3 is 1.78 bits per heavy atom. The molecule has 0 fully saturated rings. The van der Waals surface area contributed by atoms with Crippen LogP contribution in [0.1, 0.15) is 17.5 Å². The fraction of sp³-hybridized carbons (Fsp3) is 0.222. The summed E-state index contributed by atoms with van der Waals surface area (Å²) in [5.74, 6) is -1.02. The van der Waals surface area contributed by atoms with E-state index in [1.165, 1.54) is 0 Å². The van der Waals surface area contributed by atoms with Gasteiger partial charge >= 0.3 is 0 Å². The number of carbonyl (C=O) groups excluding carboxylic acids is 2. The molecule has 0 aliphatic carbocycles. The molecule has 5 nitrogen and oxygen atoms in total. The molecule has 5 heteroatoms. The van der Waals surface area contributed by atoms with Crippen LogP contribution in [0.5, 0.6) is 0 Å². The molecule has 2 aromatic rings. The summed E-state index contributed by atoms with van der Waals surface area (Å²) in [6, 6.07) is 14.5. The molecule has 2 aromatic carbocycles. The number of rotatable bonds is 5. The van der Waals surface area contributed by atoms with E-state index in [2.05, 4.69) is 10.6 Å². The van der Waals surface area contributed by atoms with Crippen LogP contribution >= 0.6 is 0 Å². The Balaban J connectivity index is 1.86. The molecular formula is C18H20N2O3. The fourth-order valence-electron chi connectivity index (χ4n) is 1.98. The van der Waals surface area contributed by atoms with Crippen molar-refractivity contribution in [2.45, 2.75) is 26.4 Å². The van der Waals surface area contributed by atoms with Gasteiger partial charge in [-0.15, -0.1) is 0 Å². The molecule has 0 radical (unpaired) electrons. The van der Waals surface area contributed by atoms with E-state index < -0.39 is 17.9 Å². The standard InChI is InChI=1S/C18H20N2O3/c1-12-3-7-14(8-4-12)19-17(22)11-16(21)18(23)20-15-9-5-13(2)6-10-15/h3-10,16,21H,11H2,1-2H3,(H,19,22)(H,20,23)/t16-/m1/s1. The maximum atomic E-state index is 11.9. The van der Waals surface area contributed by atoms with Crippen molar-refractivity contribution in [2.75, 3.05) is 10.6 Å². The minimum Gasteiger partial charge on any atom is -0.383 e. The first kappa shape index (κ1) is 16.7. The van der Waals surface area contributed by atoms with E-state index in [9.17, 15) is 14.7 Å². The third-order valence-corrected chi connectivity index (χ3v) is 3.34. The second-order valence-electron chi connectivity index (χ2n) is 5.49. The van der Waals surface area contributed by atoms with Crippen molar-refractivity contribution in [3.05, 3.63) is 59.7 Å². The Hall–Kier alpha value is -2.66. The average Bonchev–Trinajstić information content (AvgIpc) is 2.51. The molecule has 0 spiro atoms. The highest BCUT2D eigenvalue weighted by molar-refractivity contribution is 5.99. The van der Waals surface area contributed by atoms with Gasteiger partial charge in [-0.1, -0.05) is 35.4 Å². The molecule has 23 heavy (non-hydrogen) atoms. The molecule has 0 unspecified atom stereocenters. The number of hydrogen-bond donors (Lipinski definition) is 3. The monoisotopic (exact) mass is 312 g/mol. The lowest BCUT2D eigenvalue weighted by molar-refractivity contribution is -0.128. The molecule has 120 valence electrons. The minimum absolute atomic E-state index is 0.300. The summed E-state index contributed by atoms with van der Waals surface area (Å²) in [5, 5.41) is 15.1. The van der Waals surface area contributed by atoms with Gasteiger partial charge in [-0.3, -0.25) is 9.59 Å². The quantitative estimate of drug-likeness (QED) is 0.794. The second-order valence-corrected chi connectivity index (χ2v) is 5.49. The van der Waals surface area contributed by atoms with Gasteiger partial charge < -0.3 is 15.7 Å². The Labute approximate surface area is 135 Å². The highest BCUT2D eigenvalue weighted by Gasteiger charge is 2.19. The molecule has 2 amide bonds. The van der Waals surface area contributed by atoms with E-state index in [1.54, 1.807) is 24.3 Å². The number of hydrogen-bond acceptors (Lipinski definition) is 3. The number of aliphatic hydroxyl groups excluding tert-OH is 1. The van der Waals surface area contributed by atoms with Gasteiger partial charge in [0.1, 0.15) is 6.10 Å². The van der Waals surface area contributed by atoms with Crippen LogP contribution in [-0.4, -0.2) is 23.0 Å². The number of carbonyl (C=O) groups is 2. The summed E-state index contributed by atoms with van der Waals surface area (Å²) >= 11 is 0. The number of nitrogens with one attached hydrogen (secondary N) is 2. The molecule has 0 aliphatic heterocycles. The van der Waals surface area contributed by atoms with E-state index >= 15 is 0 Å². The van der Waals surface area contributed by atoms with E-state index in [0.29, 0.717) is 11.4 Å². The number of aliphatic hydroxyl groups is 1. The lowest BCUT2D eigenvalue weighted by atomic mass is 10.2. The number of benzene rings is 2. The van der Waals surface area contributed by atoms with E-state index in [4.69, 9.17) is 0 Å². The van der Waals surface area contributed by atoms with Crippen LogP contribution in [-0.2, 0) is 9.59 Å². The van der Waals surface area contributed by atoms with Crippen LogP contribution < -0.4 is 10.6 Å². The van der Waals surface area contributed by atoms with Crippen LogP contribution in [0.15, 0.2) is 48.5 Å². The second kappa shape index (κ2) is 7.56. The maximum Gasteiger partial charge on any atom is 0.253 e. The Morgan fingerprint density at radius 1 is 0.870 bits per heavy atom. The maximum absolute atomic E-state index is 11.9. The van der Waals surface area contributed by atoms with Gasteiger partial charge in [-0.05, 0) is 38.1 Å². The molecular weight excluding hydrogens is 292 g/mol. The van der Waals surface area contributed by atoms with Crippen LogP contribution in [0.25, 0.3) is 0 Å². The zero-order chi connectivity index (χ0) is 16.8. The van der Waals surface area contributed by atoms with Crippen molar-refractivity contribution in [2.24, 2.45) is 0 Å². The first-order chi connectivity index (χ1) is 10.9. The van der Waals surface area contributed by atoms with Gasteiger partial charge in [0.05, 0.1) is 6.42 Å². The van der Waals surface area contributed by atoms with Crippen molar-refractivity contribution in [1.29, 1.82) is 0 Å².